The van der Waals surface area contributed by atoms with E-state index in [1.54, 1.807) is 12.1 Å². The van der Waals surface area contributed by atoms with Crippen LogP contribution in [0, 0.1) is 5.92 Å². The second kappa shape index (κ2) is 4.02. The predicted molar refractivity (Wildman–Crippen MR) is 66.5 cm³/mol. The lowest BCUT2D eigenvalue weighted by atomic mass is 10.2. The molecule has 0 fully saturated rings. The molecule has 0 unspecified atom stereocenters. The first-order chi connectivity index (χ1) is 7.87. The predicted octanol–water partition coefficient (Wildman–Crippen LogP) is 2.81. The van der Waals surface area contributed by atoms with Gasteiger partial charge in [-0.25, -0.2) is 0 Å². The van der Waals surface area contributed by atoms with E-state index in [0.717, 1.165) is 0 Å². The van der Waals surface area contributed by atoms with Crippen molar-refractivity contribution in [2.24, 2.45) is 5.92 Å². The van der Waals surface area contributed by atoms with Gasteiger partial charge >= 0.3 is 0 Å². The van der Waals surface area contributed by atoms with Crippen LogP contribution >= 0.6 is 0 Å². The van der Waals surface area contributed by atoms with E-state index in [9.17, 15) is 0 Å². The van der Waals surface area contributed by atoms with E-state index < -0.39 is 5.79 Å². The summed E-state index contributed by atoms with van der Waals surface area (Å²) in [6, 6.07) is 3.53. The first kappa shape index (κ1) is 11.9. The lowest BCUT2D eigenvalue weighted by molar-refractivity contribution is -0.0441. The molecule has 1 aromatic carbocycles. The molecule has 1 aliphatic rings. The summed E-state index contributed by atoms with van der Waals surface area (Å²) in [5, 5.41) is 0. The van der Waals surface area contributed by atoms with Gasteiger partial charge in [0.05, 0.1) is 6.61 Å². The minimum absolute atomic E-state index is 0.447. The fourth-order valence-corrected chi connectivity index (χ4v) is 1.67. The highest BCUT2D eigenvalue weighted by Crippen LogP contribution is 2.47. The number of benzene rings is 1. The summed E-state index contributed by atoms with van der Waals surface area (Å²) < 4.78 is 17.0. The lowest BCUT2D eigenvalue weighted by Gasteiger charge is -2.17. The van der Waals surface area contributed by atoms with Crippen LogP contribution in [0.15, 0.2) is 12.1 Å². The van der Waals surface area contributed by atoms with Gasteiger partial charge in [0.15, 0.2) is 11.5 Å². The molecule has 1 heterocycles. The Morgan fingerprint density at radius 2 is 2.00 bits per heavy atom. The molecule has 2 N–H and O–H groups in total. The molecular weight excluding hydrogens is 218 g/mol. The van der Waals surface area contributed by atoms with Crippen molar-refractivity contribution in [3.8, 4) is 17.2 Å². The monoisotopic (exact) mass is 237 g/mol. The summed E-state index contributed by atoms with van der Waals surface area (Å²) in [7, 11) is 0. The van der Waals surface area contributed by atoms with E-state index in [-0.39, 0.29) is 0 Å². The first-order valence-corrected chi connectivity index (χ1v) is 5.82. The maximum Gasteiger partial charge on any atom is 0.246 e. The van der Waals surface area contributed by atoms with Gasteiger partial charge in [0.25, 0.3) is 0 Å². The molecule has 0 aliphatic carbocycles. The van der Waals surface area contributed by atoms with Crippen LogP contribution in [0.2, 0.25) is 0 Å². The molecule has 0 saturated heterocycles. The van der Waals surface area contributed by atoms with Crippen LogP contribution in [0.1, 0.15) is 27.7 Å². The fourth-order valence-electron chi connectivity index (χ4n) is 1.67. The minimum atomic E-state index is -0.661. The average Bonchev–Trinajstić information content (AvgIpc) is 2.48. The number of hydrogen-bond acceptors (Lipinski definition) is 4. The van der Waals surface area contributed by atoms with Gasteiger partial charge in [-0.1, -0.05) is 13.8 Å². The highest BCUT2D eigenvalue weighted by atomic mass is 16.7. The second-order valence-corrected chi connectivity index (χ2v) is 5.16. The van der Waals surface area contributed by atoms with E-state index in [0.29, 0.717) is 35.5 Å². The summed E-state index contributed by atoms with van der Waals surface area (Å²) >= 11 is 0. The number of nitrogen functional groups attached to an aromatic ring is 1. The van der Waals surface area contributed by atoms with E-state index in [4.69, 9.17) is 19.9 Å². The Morgan fingerprint density at radius 3 is 2.65 bits per heavy atom. The van der Waals surface area contributed by atoms with Gasteiger partial charge in [-0.05, 0) is 5.92 Å². The molecule has 0 atom stereocenters. The number of nitrogens with two attached hydrogens (primary N) is 1. The van der Waals surface area contributed by atoms with Gasteiger partial charge in [-0.3, -0.25) is 0 Å². The largest absolute Gasteiger partial charge is 0.489 e. The van der Waals surface area contributed by atoms with Crippen molar-refractivity contribution in [1.29, 1.82) is 0 Å². The zero-order chi connectivity index (χ0) is 12.6. The van der Waals surface area contributed by atoms with Crippen LogP contribution in [-0.4, -0.2) is 12.4 Å². The Kier molecular flexibility index (Phi) is 2.81. The molecule has 0 bridgehead atoms. The maximum absolute atomic E-state index is 5.81. The van der Waals surface area contributed by atoms with Gasteiger partial charge in [0, 0.05) is 31.7 Å². The van der Waals surface area contributed by atoms with E-state index in [1.165, 1.54) is 0 Å². The van der Waals surface area contributed by atoms with Crippen molar-refractivity contribution >= 4 is 5.69 Å². The Labute approximate surface area is 102 Å². The molecule has 0 amide bonds. The minimum Gasteiger partial charge on any atom is -0.489 e. The van der Waals surface area contributed by atoms with Gasteiger partial charge in [0.2, 0.25) is 11.5 Å². The summed E-state index contributed by atoms with van der Waals surface area (Å²) in [5.74, 6) is 1.73. The molecule has 4 heteroatoms. The van der Waals surface area contributed by atoms with Crippen LogP contribution in [0.3, 0.4) is 0 Å². The molecule has 94 valence electrons. The quantitative estimate of drug-likeness (QED) is 0.821. The van der Waals surface area contributed by atoms with E-state index in [1.807, 2.05) is 13.8 Å². The molecule has 4 nitrogen and oxygen atoms in total. The lowest BCUT2D eigenvalue weighted by Crippen LogP contribution is -2.29. The smallest absolute Gasteiger partial charge is 0.246 e. The Bertz CT molecular complexity index is 427. The molecule has 0 spiro atoms. The Morgan fingerprint density at radius 1 is 1.29 bits per heavy atom. The van der Waals surface area contributed by atoms with Crippen LogP contribution < -0.4 is 19.9 Å². The number of hydrogen-bond donors (Lipinski definition) is 1. The van der Waals surface area contributed by atoms with Crippen molar-refractivity contribution in [3.63, 3.8) is 0 Å². The number of fused-ring (bicyclic) bond motifs is 1. The van der Waals surface area contributed by atoms with Gasteiger partial charge in [-0.2, -0.15) is 0 Å². The molecule has 17 heavy (non-hydrogen) atoms. The SMILES string of the molecule is CC(C)COc1cc(N)cc2c1OC(C)(C)O2. The Balaban J connectivity index is 2.28. The van der Waals surface area contributed by atoms with Gasteiger partial charge in [0.1, 0.15) is 0 Å². The standard InChI is InChI=1S/C13H19NO3/c1-8(2)7-15-10-5-9(14)6-11-12(10)17-13(3,4)16-11/h5-6,8H,7,14H2,1-4H3. The van der Waals surface area contributed by atoms with Crippen molar-refractivity contribution in [2.45, 2.75) is 33.5 Å². The van der Waals surface area contributed by atoms with Crippen LogP contribution in [0.25, 0.3) is 0 Å². The molecule has 1 aromatic rings. The van der Waals surface area contributed by atoms with Crippen molar-refractivity contribution in [3.05, 3.63) is 12.1 Å². The highest BCUT2D eigenvalue weighted by Gasteiger charge is 2.34. The second-order valence-electron chi connectivity index (χ2n) is 5.16. The van der Waals surface area contributed by atoms with Crippen LogP contribution in [0.4, 0.5) is 5.69 Å². The first-order valence-electron chi connectivity index (χ1n) is 5.82. The maximum atomic E-state index is 5.81. The van der Waals surface area contributed by atoms with Gasteiger partial charge < -0.3 is 19.9 Å². The van der Waals surface area contributed by atoms with E-state index in [2.05, 4.69) is 13.8 Å². The molecule has 2 rings (SSSR count). The highest BCUT2D eigenvalue weighted by molar-refractivity contribution is 5.62. The normalized spacial score (nSPS) is 16.3. The van der Waals surface area contributed by atoms with Crippen molar-refractivity contribution in [1.82, 2.24) is 0 Å². The van der Waals surface area contributed by atoms with Crippen LogP contribution in [0.5, 0.6) is 17.2 Å². The summed E-state index contributed by atoms with van der Waals surface area (Å²) in [6.07, 6.45) is 0. The van der Waals surface area contributed by atoms with Gasteiger partial charge in [-0.15, -0.1) is 0 Å². The molecule has 0 saturated carbocycles. The number of rotatable bonds is 3. The number of ether oxygens (including phenoxy) is 3. The molecular formula is C13H19NO3. The third kappa shape index (κ3) is 2.57. The molecule has 0 aromatic heterocycles. The zero-order valence-electron chi connectivity index (χ0n) is 10.7. The molecule has 1 aliphatic heterocycles. The van der Waals surface area contributed by atoms with E-state index >= 15 is 0 Å². The zero-order valence-corrected chi connectivity index (χ0v) is 10.7. The fraction of sp³-hybridized carbons (Fsp3) is 0.538. The third-order valence-corrected chi connectivity index (χ3v) is 2.32. The summed E-state index contributed by atoms with van der Waals surface area (Å²) in [6.45, 7) is 8.52. The van der Waals surface area contributed by atoms with Crippen molar-refractivity contribution < 1.29 is 14.2 Å². The third-order valence-electron chi connectivity index (χ3n) is 2.32. The summed E-state index contributed by atoms with van der Waals surface area (Å²) in [4.78, 5) is 0. The van der Waals surface area contributed by atoms with Crippen molar-refractivity contribution in [2.75, 3.05) is 12.3 Å². The summed E-state index contributed by atoms with van der Waals surface area (Å²) in [5.41, 5.74) is 6.43. The average molecular weight is 237 g/mol. The van der Waals surface area contributed by atoms with Crippen LogP contribution in [-0.2, 0) is 0 Å². The topological polar surface area (TPSA) is 53.7 Å². The molecule has 0 radical (unpaired) electrons. The number of anilines is 1. The Hall–Kier alpha value is -1.58.